The second-order valence-corrected chi connectivity index (χ2v) is 13.5. The lowest BCUT2D eigenvalue weighted by molar-refractivity contribution is -0.160. The van der Waals surface area contributed by atoms with Crippen molar-refractivity contribution >= 4 is 17.6 Å². The van der Waals surface area contributed by atoms with Crippen molar-refractivity contribution in [3.8, 4) is 0 Å². The normalized spacial score (nSPS) is 44.5. The summed E-state index contributed by atoms with van der Waals surface area (Å²) in [6.45, 7) is 12.6. The molecule has 0 aliphatic heterocycles. The van der Waals surface area contributed by atoms with Gasteiger partial charge in [-0.1, -0.05) is 53.9 Å². The third-order valence-electron chi connectivity index (χ3n) is 11.2. The van der Waals surface area contributed by atoms with Gasteiger partial charge in [0.15, 0.2) is 0 Å². The number of carbonyl (C=O) groups excluding carboxylic acids is 1. The molecule has 0 radical (unpaired) electrons. The van der Waals surface area contributed by atoms with Crippen molar-refractivity contribution in [3.05, 3.63) is 0 Å². The summed E-state index contributed by atoms with van der Waals surface area (Å²) < 4.78 is 5.67. The van der Waals surface area contributed by atoms with E-state index in [1.807, 2.05) is 0 Å². The number of rotatable bonds is 7. The van der Waals surface area contributed by atoms with Crippen LogP contribution in [0, 0.1) is 52.3 Å². The molecular formula is C29H49ClO2. The van der Waals surface area contributed by atoms with Gasteiger partial charge in [0.05, 0.1) is 0 Å². The van der Waals surface area contributed by atoms with Crippen LogP contribution in [0.1, 0.15) is 112 Å². The highest BCUT2D eigenvalue weighted by Crippen LogP contribution is 2.68. The number of esters is 1. The summed E-state index contributed by atoms with van der Waals surface area (Å²) in [5, 5.41) is 0. The predicted molar refractivity (Wildman–Crippen MR) is 134 cm³/mol. The van der Waals surface area contributed by atoms with Gasteiger partial charge in [-0.15, -0.1) is 11.6 Å². The lowest BCUT2D eigenvalue weighted by atomic mass is 9.44. The van der Waals surface area contributed by atoms with Gasteiger partial charge in [-0.05, 0) is 110 Å². The van der Waals surface area contributed by atoms with E-state index in [4.69, 9.17) is 16.3 Å². The molecule has 0 saturated heterocycles. The maximum absolute atomic E-state index is 11.7. The number of hydrogen-bond acceptors (Lipinski definition) is 2. The van der Waals surface area contributed by atoms with Crippen molar-refractivity contribution in [3.63, 3.8) is 0 Å². The molecule has 0 unspecified atom stereocenters. The molecule has 2 nitrogen and oxygen atoms in total. The second kappa shape index (κ2) is 9.79. The van der Waals surface area contributed by atoms with Crippen LogP contribution >= 0.6 is 11.6 Å². The van der Waals surface area contributed by atoms with E-state index in [0.29, 0.717) is 10.8 Å². The van der Waals surface area contributed by atoms with Crippen LogP contribution in [-0.4, -0.2) is 18.0 Å². The fraction of sp³-hybridized carbons (Fsp3) is 0.966. The molecule has 0 bridgehead atoms. The largest absolute Gasteiger partial charge is 0.461 e. The Hall–Kier alpha value is -0.240. The predicted octanol–water partition coefficient (Wildman–Crippen LogP) is 8.26. The molecule has 4 saturated carbocycles. The van der Waals surface area contributed by atoms with Crippen LogP contribution in [0.2, 0.25) is 0 Å². The summed E-state index contributed by atoms with van der Waals surface area (Å²) in [4.78, 5) is 11.7. The maximum Gasteiger partial charge on any atom is 0.321 e. The molecule has 4 aliphatic rings. The average Bonchev–Trinajstić information content (AvgIpc) is 3.11. The molecule has 3 heteroatoms. The van der Waals surface area contributed by atoms with E-state index in [9.17, 15) is 4.79 Å². The molecule has 184 valence electrons. The van der Waals surface area contributed by atoms with Crippen LogP contribution in [0.25, 0.3) is 0 Å². The van der Waals surface area contributed by atoms with Crippen LogP contribution in [-0.2, 0) is 9.53 Å². The lowest BCUT2D eigenvalue weighted by Crippen LogP contribution is -2.54. The van der Waals surface area contributed by atoms with E-state index in [2.05, 4.69) is 34.6 Å². The fourth-order valence-electron chi connectivity index (χ4n) is 9.57. The van der Waals surface area contributed by atoms with Crippen LogP contribution in [0.5, 0.6) is 0 Å². The minimum atomic E-state index is -0.234. The second-order valence-electron chi connectivity index (χ2n) is 13.2. The van der Waals surface area contributed by atoms with Crippen LogP contribution < -0.4 is 0 Å². The Bertz CT molecular complexity index is 662. The van der Waals surface area contributed by atoms with Crippen molar-refractivity contribution in [1.82, 2.24) is 0 Å². The van der Waals surface area contributed by atoms with Crippen molar-refractivity contribution in [2.24, 2.45) is 52.3 Å². The molecule has 4 rings (SSSR count). The number of halogens is 1. The summed E-state index contributed by atoms with van der Waals surface area (Å²) in [6.07, 6.45) is 16.3. The van der Waals surface area contributed by atoms with Gasteiger partial charge < -0.3 is 4.74 Å². The van der Waals surface area contributed by atoms with Gasteiger partial charge in [0.2, 0.25) is 0 Å². The molecule has 4 aliphatic carbocycles. The number of carbonyl (C=O) groups is 1. The number of fused-ring (bicyclic) bond motifs is 5. The molecule has 32 heavy (non-hydrogen) atoms. The van der Waals surface area contributed by atoms with Crippen molar-refractivity contribution in [1.29, 1.82) is 0 Å². The van der Waals surface area contributed by atoms with Crippen LogP contribution in [0.15, 0.2) is 0 Å². The monoisotopic (exact) mass is 464 g/mol. The first kappa shape index (κ1) is 24.9. The Kier molecular flexibility index (Phi) is 7.61. The average molecular weight is 465 g/mol. The van der Waals surface area contributed by atoms with Gasteiger partial charge in [-0.25, -0.2) is 0 Å². The van der Waals surface area contributed by atoms with Crippen LogP contribution in [0.3, 0.4) is 0 Å². The smallest absolute Gasteiger partial charge is 0.321 e. The maximum atomic E-state index is 11.7. The summed E-state index contributed by atoms with van der Waals surface area (Å²) >= 11 is 5.69. The molecule has 0 aromatic heterocycles. The Balaban J connectivity index is 1.42. The van der Waals surface area contributed by atoms with Gasteiger partial charge in [0.1, 0.15) is 12.0 Å². The van der Waals surface area contributed by atoms with E-state index in [0.717, 1.165) is 54.3 Å². The zero-order chi connectivity index (χ0) is 23.1. The van der Waals surface area contributed by atoms with E-state index < -0.39 is 0 Å². The van der Waals surface area contributed by atoms with Gasteiger partial charge in [0.25, 0.3) is 0 Å². The third-order valence-corrected chi connectivity index (χ3v) is 11.4. The SMILES string of the molecule is CC(C)CCC[C@@H](C)[C@@H]1CC[C@@H]2[C@@H]3CC[C@H]4C[C@H](OC(=O)CCl)CC[C@]4(C)[C@@H]3CC[C@]21C. The Morgan fingerprint density at radius 3 is 2.38 bits per heavy atom. The molecule has 4 fully saturated rings. The molecule has 0 spiro atoms. The van der Waals surface area contributed by atoms with Crippen LogP contribution in [0.4, 0.5) is 0 Å². The molecule has 9 atom stereocenters. The topological polar surface area (TPSA) is 26.3 Å². The van der Waals surface area contributed by atoms with Crippen molar-refractivity contribution in [2.75, 3.05) is 5.88 Å². The van der Waals surface area contributed by atoms with Gasteiger partial charge in [-0.2, -0.15) is 0 Å². The van der Waals surface area contributed by atoms with E-state index in [1.54, 1.807) is 0 Å². The molecule has 0 amide bonds. The first-order valence-corrected chi connectivity index (χ1v) is 14.5. The lowest BCUT2D eigenvalue weighted by Gasteiger charge is -2.61. The first-order chi connectivity index (χ1) is 15.2. The van der Waals surface area contributed by atoms with Crippen molar-refractivity contribution < 1.29 is 9.53 Å². The minimum Gasteiger partial charge on any atom is -0.461 e. The summed E-state index contributed by atoms with van der Waals surface area (Å²) in [7, 11) is 0. The zero-order valence-corrected chi connectivity index (χ0v) is 22.3. The number of hydrogen-bond donors (Lipinski definition) is 0. The van der Waals surface area contributed by atoms with Gasteiger partial charge in [0, 0.05) is 0 Å². The summed E-state index contributed by atoms with van der Waals surface area (Å²) in [6, 6.07) is 0. The molecular weight excluding hydrogens is 416 g/mol. The highest BCUT2D eigenvalue weighted by Gasteiger charge is 2.60. The molecule has 0 aromatic rings. The summed E-state index contributed by atoms with van der Waals surface area (Å²) in [5.41, 5.74) is 1.03. The molecule has 0 N–H and O–H groups in total. The Morgan fingerprint density at radius 1 is 0.938 bits per heavy atom. The standard InChI is InChI=1S/C29H49ClO2/c1-19(2)7-6-8-20(3)24-11-12-25-23-10-9-21-17-22(32-27(31)18-30)13-15-28(21,4)26(23)14-16-29(24,25)5/h19-26H,6-18H2,1-5H3/t20-,21+,22-,23+,24+,25-,26-,28+,29+/m1/s1. The Labute approximate surface area is 203 Å². The van der Waals surface area contributed by atoms with E-state index in [1.165, 1.54) is 64.2 Å². The van der Waals surface area contributed by atoms with Crippen molar-refractivity contribution in [2.45, 2.75) is 118 Å². The number of alkyl halides is 1. The first-order valence-electron chi connectivity index (χ1n) is 13.9. The van der Waals surface area contributed by atoms with E-state index in [-0.39, 0.29) is 18.0 Å². The van der Waals surface area contributed by atoms with Gasteiger partial charge >= 0.3 is 5.97 Å². The minimum absolute atomic E-state index is 0.0134. The molecule has 0 heterocycles. The highest BCUT2D eigenvalue weighted by atomic mass is 35.5. The number of ether oxygens (including phenoxy) is 1. The zero-order valence-electron chi connectivity index (χ0n) is 21.5. The highest BCUT2D eigenvalue weighted by molar-refractivity contribution is 6.26. The molecule has 0 aromatic carbocycles. The quantitative estimate of drug-likeness (QED) is 0.280. The Morgan fingerprint density at radius 2 is 1.66 bits per heavy atom. The third kappa shape index (κ3) is 4.52. The fourth-order valence-corrected chi connectivity index (χ4v) is 9.63. The van der Waals surface area contributed by atoms with Gasteiger partial charge in [-0.3, -0.25) is 4.79 Å². The summed E-state index contributed by atoms with van der Waals surface area (Å²) in [5.74, 6) is 5.92. The van der Waals surface area contributed by atoms with E-state index >= 15 is 0 Å².